The molecule has 0 spiro atoms. The third kappa shape index (κ3) is 2.00. The van der Waals surface area contributed by atoms with Crippen LogP contribution in [0.3, 0.4) is 0 Å². The molecule has 1 atom stereocenters. The molecule has 0 aliphatic carbocycles. The molecule has 0 nitrogen and oxygen atoms in total. The second kappa shape index (κ2) is 3.78. The summed E-state index contributed by atoms with van der Waals surface area (Å²) in [4.78, 5) is 0. The number of hydrogen-bond donors (Lipinski definition) is 0. The second-order valence-electron chi connectivity index (χ2n) is 3.82. The summed E-state index contributed by atoms with van der Waals surface area (Å²) in [7, 11) is 0. The van der Waals surface area contributed by atoms with Gasteiger partial charge in [-0.1, -0.05) is 30.7 Å². The maximum atomic E-state index is 3.84. The Hall–Kier alpha value is -1.04. The zero-order valence-electron chi connectivity index (χ0n) is 9.02. The van der Waals surface area contributed by atoms with Gasteiger partial charge in [0.1, 0.15) is 0 Å². The molecule has 0 saturated carbocycles. The van der Waals surface area contributed by atoms with Crippen LogP contribution in [0, 0.1) is 20.8 Å². The van der Waals surface area contributed by atoms with E-state index >= 15 is 0 Å². The molecule has 1 aromatic rings. The average molecular weight is 174 g/mol. The van der Waals surface area contributed by atoms with Crippen LogP contribution in [0.15, 0.2) is 24.8 Å². The standard InChI is InChI=1S/C13H18/c1-6-10(3)13-8-9(2)7-11(4)12(13)5/h6-8,10H,1H2,2-5H3. The van der Waals surface area contributed by atoms with Crippen LogP contribution in [0.1, 0.15) is 35.1 Å². The van der Waals surface area contributed by atoms with Crippen molar-refractivity contribution in [1.29, 1.82) is 0 Å². The lowest BCUT2D eigenvalue weighted by molar-refractivity contribution is 0.946. The Morgan fingerprint density at radius 3 is 2.38 bits per heavy atom. The van der Waals surface area contributed by atoms with Gasteiger partial charge in [0.05, 0.1) is 0 Å². The highest BCUT2D eigenvalue weighted by Crippen LogP contribution is 2.24. The molecule has 0 fully saturated rings. The first kappa shape index (κ1) is 10.0. The van der Waals surface area contributed by atoms with E-state index < -0.39 is 0 Å². The van der Waals surface area contributed by atoms with Gasteiger partial charge in [-0.3, -0.25) is 0 Å². The van der Waals surface area contributed by atoms with E-state index in [2.05, 4.69) is 46.4 Å². The third-order valence-corrected chi connectivity index (χ3v) is 2.70. The summed E-state index contributed by atoms with van der Waals surface area (Å²) in [6.45, 7) is 12.5. The summed E-state index contributed by atoms with van der Waals surface area (Å²) < 4.78 is 0. The van der Waals surface area contributed by atoms with Crippen molar-refractivity contribution in [3.8, 4) is 0 Å². The van der Waals surface area contributed by atoms with Gasteiger partial charge in [-0.15, -0.1) is 6.58 Å². The molecule has 0 N–H and O–H groups in total. The van der Waals surface area contributed by atoms with Crippen LogP contribution < -0.4 is 0 Å². The quantitative estimate of drug-likeness (QED) is 0.596. The van der Waals surface area contributed by atoms with Gasteiger partial charge in [-0.2, -0.15) is 0 Å². The fraction of sp³-hybridized carbons (Fsp3) is 0.385. The summed E-state index contributed by atoms with van der Waals surface area (Å²) in [5.74, 6) is 0.457. The van der Waals surface area contributed by atoms with Crippen LogP contribution in [-0.2, 0) is 0 Å². The highest BCUT2D eigenvalue weighted by Gasteiger charge is 2.06. The number of allylic oxidation sites excluding steroid dienone is 1. The highest BCUT2D eigenvalue weighted by atomic mass is 14.1. The molecule has 13 heavy (non-hydrogen) atoms. The van der Waals surface area contributed by atoms with E-state index in [-0.39, 0.29) is 0 Å². The Labute approximate surface area is 81.3 Å². The fourth-order valence-corrected chi connectivity index (χ4v) is 1.67. The minimum absolute atomic E-state index is 0.457. The third-order valence-electron chi connectivity index (χ3n) is 2.70. The number of hydrogen-bond acceptors (Lipinski definition) is 0. The lowest BCUT2D eigenvalue weighted by Gasteiger charge is -2.13. The van der Waals surface area contributed by atoms with Gasteiger partial charge < -0.3 is 0 Å². The van der Waals surface area contributed by atoms with Crippen molar-refractivity contribution in [3.63, 3.8) is 0 Å². The topological polar surface area (TPSA) is 0 Å². The predicted molar refractivity (Wildman–Crippen MR) is 59.3 cm³/mol. The maximum absolute atomic E-state index is 3.84. The Kier molecular flexibility index (Phi) is 2.92. The van der Waals surface area contributed by atoms with Crippen molar-refractivity contribution in [2.75, 3.05) is 0 Å². The molecule has 0 radical (unpaired) electrons. The molecular formula is C13H18. The van der Waals surface area contributed by atoms with Crippen molar-refractivity contribution in [2.45, 2.75) is 33.6 Å². The van der Waals surface area contributed by atoms with E-state index in [9.17, 15) is 0 Å². The van der Waals surface area contributed by atoms with Gasteiger partial charge in [-0.25, -0.2) is 0 Å². The van der Waals surface area contributed by atoms with Crippen LogP contribution in [-0.4, -0.2) is 0 Å². The molecule has 1 rings (SSSR count). The van der Waals surface area contributed by atoms with E-state index in [1.54, 1.807) is 0 Å². The van der Waals surface area contributed by atoms with Crippen LogP contribution in [0.4, 0.5) is 0 Å². The van der Waals surface area contributed by atoms with Crippen LogP contribution >= 0.6 is 0 Å². The molecular weight excluding hydrogens is 156 g/mol. The summed E-state index contributed by atoms with van der Waals surface area (Å²) in [6.07, 6.45) is 2.00. The van der Waals surface area contributed by atoms with E-state index in [1.807, 2.05) is 6.08 Å². The Bertz CT molecular complexity index is 321. The summed E-state index contributed by atoms with van der Waals surface area (Å²) in [5, 5.41) is 0. The first-order valence-electron chi connectivity index (χ1n) is 4.76. The SMILES string of the molecule is C=CC(C)c1cc(C)cc(C)c1C. The summed E-state index contributed by atoms with van der Waals surface area (Å²) in [5.41, 5.74) is 5.53. The van der Waals surface area contributed by atoms with Crippen molar-refractivity contribution < 1.29 is 0 Å². The summed E-state index contributed by atoms with van der Waals surface area (Å²) >= 11 is 0. The molecule has 0 heterocycles. The lowest BCUT2D eigenvalue weighted by atomic mass is 9.92. The van der Waals surface area contributed by atoms with Crippen molar-refractivity contribution >= 4 is 0 Å². The predicted octanol–water partition coefficient (Wildman–Crippen LogP) is 3.90. The minimum Gasteiger partial charge on any atom is -0.102 e. The number of aryl methyl sites for hydroxylation is 2. The van der Waals surface area contributed by atoms with E-state index in [0.717, 1.165) is 0 Å². The van der Waals surface area contributed by atoms with Crippen LogP contribution in [0.25, 0.3) is 0 Å². The normalized spacial score (nSPS) is 12.6. The van der Waals surface area contributed by atoms with Gasteiger partial charge in [0, 0.05) is 0 Å². The molecule has 1 aromatic carbocycles. The summed E-state index contributed by atoms with van der Waals surface area (Å²) in [6, 6.07) is 4.49. The minimum atomic E-state index is 0.457. The largest absolute Gasteiger partial charge is 0.102 e. The Balaban J connectivity index is 3.27. The zero-order chi connectivity index (χ0) is 10.0. The molecule has 0 aliphatic heterocycles. The first-order chi connectivity index (χ1) is 6.06. The van der Waals surface area contributed by atoms with Crippen LogP contribution in [0.2, 0.25) is 0 Å². The van der Waals surface area contributed by atoms with Crippen molar-refractivity contribution in [3.05, 3.63) is 47.0 Å². The van der Waals surface area contributed by atoms with Gasteiger partial charge in [0.15, 0.2) is 0 Å². The lowest BCUT2D eigenvalue weighted by Crippen LogP contribution is -1.96. The molecule has 0 aromatic heterocycles. The molecule has 0 amide bonds. The molecule has 0 bridgehead atoms. The van der Waals surface area contributed by atoms with Crippen molar-refractivity contribution in [1.82, 2.24) is 0 Å². The smallest absolute Gasteiger partial charge is 0.00103 e. The van der Waals surface area contributed by atoms with Crippen molar-refractivity contribution in [2.24, 2.45) is 0 Å². The monoisotopic (exact) mass is 174 g/mol. The number of benzene rings is 1. The highest BCUT2D eigenvalue weighted by molar-refractivity contribution is 5.40. The molecule has 0 saturated heterocycles. The van der Waals surface area contributed by atoms with Gasteiger partial charge >= 0.3 is 0 Å². The molecule has 70 valence electrons. The molecule has 0 heteroatoms. The molecule has 0 aliphatic rings. The van der Waals surface area contributed by atoms with E-state index in [4.69, 9.17) is 0 Å². The first-order valence-corrected chi connectivity index (χ1v) is 4.76. The van der Waals surface area contributed by atoms with Gasteiger partial charge in [-0.05, 0) is 43.4 Å². The fourth-order valence-electron chi connectivity index (χ4n) is 1.67. The Morgan fingerprint density at radius 1 is 1.23 bits per heavy atom. The van der Waals surface area contributed by atoms with E-state index in [0.29, 0.717) is 5.92 Å². The van der Waals surface area contributed by atoms with Gasteiger partial charge in [0.25, 0.3) is 0 Å². The Morgan fingerprint density at radius 2 is 1.85 bits per heavy atom. The average Bonchev–Trinajstić information content (AvgIpc) is 2.10. The maximum Gasteiger partial charge on any atom is -0.00103 e. The second-order valence-corrected chi connectivity index (χ2v) is 3.82. The number of rotatable bonds is 2. The zero-order valence-corrected chi connectivity index (χ0v) is 9.02. The van der Waals surface area contributed by atoms with Gasteiger partial charge in [0.2, 0.25) is 0 Å². The molecule has 1 unspecified atom stereocenters. The van der Waals surface area contributed by atoms with E-state index in [1.165, 1.54) is 22.3 Å². The van der Waals surface area contributed by atoms with Crippen LogP contribution in [0.5, 0.6) is 0 Å².